The molecule has 1 fully saturated rings. The predicted molar refractivity (Wildman–Crippen MR) is 40.8 cm³/mol. The van der Waals surface area contributed by atoms with Crippen molar-refractivity contribution in [3.63, 3.8) is 0 Å². The first-order valence-electron chi connectivity index (χ1n) is 3.11. The number of ether oxygens (including phenoxy) is 1. The highest BCUT2D eigenvalue weighted by atomic mass is 35.5. The molecule has 6 heteroatoms. The number of halogens is 1. The first kappa shape index (κ1) is 10.5. The van der Waals surface area contributed by atoms with E-state index in [0.717, 1.165) is 0 Å². The van der Waals surface area contributed by atoms with Gasteiger partial charge >= 0.3 is 6.09 Å². The highest BCUT2D eigenvalue weighted by Crippen LogP contribution is 1.91. The molecule has 0 spiro atoms. The Morgan fingerprint density at radius 2 is 2.00 bits per heavy atom. The van der Waals surface area contributed by atoms with E-state index in [9.17, 15) is 4.79 Å². The third-order valence-electron chi connectivity index (χ3n) is 1.26. The zero-order valence-corrected chi connectivity index (χ0v) is 6.76. The predicted octanol–water partition coefficient (Wildman–Crippen LogP) is -0.0770. The molecule has 0 bridgehead atoms. The summed E-state index contributed by atoms with van der Waals surface area (Å²) in [6, 6.07) is 0. The first-order chi connectivity index (χ1) is 4.79. The van der Waals surface area contributed by atoms with Crippen molar-refractivity contribution in [3.8, 4) is 0 Å². The Hall–Kier alpha value is -0.520. The molecule has 0 aliphatic carbocycles. The van der Waals surface area contributed by atoms with E-state index in [0.29, 0.717) is 26.3 Å². The molecule has 0 aromatic carbocycles. The van der Waals surface area contributed by atoms with E-state index in [1.807, 2.05) is 0 Å². The molecule has 0 radical (unpaired) electrons. The lowest BCUT2D eigenvalue weighted by molar-refractivity contribution is 0.0144. The van der Waals surface area contributed by atoms with E-state index in [1.165, 1.54) is 0 Å². The maximum atomic E-state index is 10.1. The van der Waals surface area contributed by atoms with E-state index in [2.05, 4.69) is 5.43 Å². The highest BCUT2D eigenvalue weighted by molar-refractivity contribution is 5.85. The van der Waals surface area contributed by atoms with Crippen molar-refractivity contribution in [2.45, 2.75) is 0 Å². The van der Waals surface area contributed by atoms with Gasteiger partial charge in [-0.05, 0) is 0 Å². The number of hydrogen-bond acceptors (Lipinski definition) is 3. The molecule has 0 unspecified atom stereocenters. The topological polar surface area (TPSA) is 61.8 Å². The van der Waals surface area contributed by atoms with Crippen LogP contribution in [-0.4, -0.2) is 42.5 Å². The molecule has 1 aliphatic heterocycles. The van der Waals surface area contributed by atoms with Crippen LogP contribution in [0.25, 0.3) is 0 Å². The molecule has 0 aromatic heterocycles. The Balaban J connectivity index is 0.000001000. The van der Waals surface area contributed by atoms with Crippen LogP contribution in [0.4, 0.5) is 4.79 Å². The third kappa shape index (κ3) is 4.02. The standard InChI is InChI=1S/C5H10N2O3.ClH/c8-5(9)6-7-1-3-10-4-2-7;/h6H,1-4H2,(H,8,9);1H. The van der Waals surface area contributed by atoms with E-state index < -0.39 is 6.09 Å². The fourth-order valence-electron chi connectivity index (χ4n) is 0.810. The molecule has 1 rings (SSSR count). The molecule has 1 aliphatic rings. The number of hydrogen-bond donors (Lipinski definition) is 2. The van der Waals surface area contributed by atoms with Crippen LogP contribution in [0.2, 0.25) is 0 Å². The molecular weight excluding hydrogens is 172 g/mol. The number of nitrogens with one attached hydrogen (secondary N) is 1. The van der Waals surface area contributed by atoms with Gasteiger partial charge in [0.05, 0.1) is 13.2 Å². The smallest absolute Gasteiger partial charge is 0.419 e. The minimum absolute atomic E-state index is 0. The van der Waals surface area contributed by atoms with Crippen molar-refractivity contribution in [1.29, 1.82) is 0 Å². The van der Waals surface area contributed by atoms with Crippen LogP contribution in [0.3, 0.4) is 0 Å². The van der Waals surface area contributed by atoms with Gasteiger partial charge in [-0.3, -0.25) is 5.43 Å². The van der Waals surface area contributed by atoms with Crippen molar-refractivity contribution in [1.82, 2.24) is 10.4 Å². The second-order valence-electron chi connectivity index (χ2n) is 2.02. The molecule has 0 aromatic rings. The Morgan fingerprint density at radius 3 is 2.45 bits per heavy atom. The van der Waals surface area contributed by atoms with Crippen molar-refractivity contribution < 1.29 is 14.6 Å². The van der Waals surface area contributed by atoms with Gasteiger partial charge in [-0.2, -0.15) is 0 Å². The Bertz CT molecular complexity index is 127. The van der Waals surface area contributed by atoms with Gasteiger partial charge in [0.1, 0.15) is 0 Å². The lowest BCUT2D eigenvalue weighted by Gasteiger charge is -2.25. The van der Waals surface area contributed by atoms with Gasteiger partial charge in [0, 0.05) is 13.1 Å². The van der Waals surface area contributed by atoms with Crippen molar-refractivity contribution >= 4 is 18.5 Å². The molecule has 1 saturated heterocycles. The lowest BCUT2D eigenvalue weighted by Crippen LogP contribution is -2.47. The summed E-state index contributed by atoms with van der Waals surface area (Å²) in [5.74, 6) is 0. The quantitative estimate of drug-likeness (QED) is 0.596. The van der Waals surface area contributed by atoms with Crippen LogP contribution >= 0.6 is 12.4 Å². The molecule has 2 N–H and O–H groups in total. The number of hydrazine groups is 1. The fourth-order valence-corrected chi connectivity index (χ4v) is 0.810. The maximum Gasteiger partial charge on any atom is 0.419 e. The average Bonchev–Trinajstić information content (AvgIpc) is 1.88. The summed E-state index contributed by atoms with van der Waals surface area (Å²) in [6.07, 6.45) is -1.01. The summed E-state index contributed by atoms with van der Waals surface area (Å²) in [6.45, 7) is 2.46. The van der Waals surface area contributed by atoms with Crippen LogP contribution in [0.5, 0.6) is 0 Å². The maximum absolute atomic E-state index is 10.1. The third-order valence-corrected chi connectivity index (χ3v) is 1.26. The van der Waals surface area contributed by atoms with Crippen LogP contribution in [0.1, 0.15) is 0 Å². The van der Waals surface area contributed by atoms with E-state index in [1.54, 1.807) is 5.01 Å². The van der Waals surface area contributed by atoms with E-state index >= 15 is 0 Å². The van der Waals surface area contributed by atoms with Crippen molar-refractivity contribution in [3.05, 3.63) is 0 Å². The first-order valence-corrected chi connectivity index (χ1v) is 3.11. The molecule has 0 atom stereocenters. The highest BCUT2D eigenvalue weighted by Gasteiger charge is 2.10. The summed E-state index contributed by atoms with van der Waals surface area (Å²) in [4.78, 5) is 10.1. The van der Waals surface area contributed by atoms with Gasteiger partial charge in [0.15, 0.2) is 0 Å². The van der Waals surface area contributed by atoms with Gasteiger partial charge < -0.3 is 9.84 Å². The van der Waals surface area contributed by atoms with Crippen LogP contribution in [0.15, 0.2) is 0 Å². The summed E-state index contributed by atoms with van der Waals surface area (Å²) in [5, 5.41) is 9.89. The molecule has 0 saturated carbocycles. The number of carboxylic acid groups (broad SMARTS) is 1. The number of rotatable bonds is 1. The number of nitrogens with zero attached hydrogens (tertiary/aromatic N) is 1. The van der Waals surface area contributed by atoms with Gasteiger partial charge in [0.2, 0.25) is 0 Å². The summed E-state index contributed by atoms with van der Waals surface area (Å²) in [7, 11) is 0. The fraction of sp³-hybridized carbons (Fsp3) is 0.800. The Kier molecular flexibility index (Phi) is 4.93. The van der Waals surface area contributed by atoms with E-state index in [-0.39, 0.29) is 12.4 Å². The molecule has 5 nitrogen and oxygen atoms in total. The van der Waals surface area contributed by atoms with Gasteiger partial charge in [-0.25, -0.2) is 9.80 Å². The van der Waals surface area contributed by atoms with Crippen molar-refractivity contribution in [2.24, 2.45) is 0 Å². The minimum Gasteiger partial charge on any atom is -0.464 e. The number of amides is 1. The van der Waals surface area contributed by atoms with Gasteiger partial charge in [-0.15, -0.1) is 12.4 Å². The van der Waals surface area contributed by atoms with Crippen LogP contribution < -0.4 is 5.43 Å². The summed E-state index contributed by atoms with van der Waals surface area (Å²) >= 11 is 0. The summed E-state index contributed by atoms with van der Waals surface area (Å²) < 4.78 is 5.01. The van der Waals surface area contributed by atoms with Gasteiger partial charge in [0.25, 0.3) is 0 Å². The normalized spacial score (nSPS) is 18.5. The van der Waals surface area contributed by atoms with E-state index in [4.69, 9.17) is 9.84 Å². The summed E-state index contributed by atoms with van der Waals surface area (Å²) in [5.41, 5.74) is 2.25. The Labute approximate surface area is 70.7 Å². The van der Waals surface area contributed by atoms with Crippen LogP contribution in [0, 0.1) is 0 Å². The van der Waals surface area contributed by atoms with Crippen LogP contribution in [-0.2, 0) is 4.74 Å². The molecule has 11 heavy (non-hydrogen) atoms. The average molecular weight is 183 g/mol. The molecule has 66 valence electrons. The molecule has 1 amide bonds. The Morgan fingerprint density at radius 1 is 1.45 bits per heavy atom. The molecule has 1 heterocycles. The lowest BCUT2D eigenvalue weighted by atomic mass is 10.5. The van der Waals surface area contributed by atoms with Gasteiger partial charge in [-0.1, -0.05) is 0 Å². The largest absolute Gasteiger partial charge is 0.464 e. The number of morpholine rings is 1. The van der Waals surface area contributed by atoms with Crippen molar-refractivity contribution in [2.75, 3.05) is 26.3 Å². The zero-order chi connectivity index (χ0) is 7.40. The number of carbonyl (C=O) groups is 1. The monoisotopic (exact) mass is 182 g/mol. The zero-order valence-electron chi connectivity index (χ0n) is 5.95. The molecular formula is C5H11ClN2O3. The SMILES string of the molecule is Cl.O=C(O)NN1CCOCC1. The second-order valence-corrected chi connectivity index (χ2v) is 2.02. The minimum atomic E-state index is -1.01. The second kappa shape index (κ2) is 5.17.